The highest BCUT2D eigenvalue weighted by molar-refractivity contribution is 6.04. The van der Waals surface area contributed by atoms with E-state index in [1.165, 1.54) is 16.5 Å². The summed E-state index contributed by atoms with van der Waals surface area (Å²) in [5.74, 6) is -0.903. The number of carbonyl (C=O) groups is 2. The van der Waals surface area contributed by atoms with Crippen LogP contribution in [-0.4, -0.2) is 49.2 Å². The molecule has 1 saturated heterocycles. The van der Waals surface area contributed by atoms with Crippen LogP contribution in [0.2, 0.25) is 0 Å². The summed E-state index contributed by atoms with van der Waals surface area (Å²) in [4.78, 5) is 39.8. The van der Waals surface area contributed by atoms with Gasteiger partial charge in [-0.15, -0.1) is 0 Å². The maximum Gasteiger partial charge on any atom is 0.256 e. The van der Waals surface area contributed by atoms with Gasteiger partial charge < -0.3 is 16.0 Å². The highest BCUT2D eigenvalue weighted by Gasteiger charge is 2.31. The maximum atomic E-state index is 15.6. The fraction of sp³-hybridized carbons (Fsp3) is 0.345. The van der Waals surface area contributed by atoms with Crippen molar-refractivity contribution in [1.82, 2.24) is 24.3 Å². The van der Waals surface area contributed by atoms with Crippen molar-refractivity contribution in [3.05, 3.63) is 71.4 Å². The number of nitrogens with two attached hydrogens (primary N) is 1. The lowest BCUT2D eigenvalue weighted by Gasteiger charge is -2.32. The summed E-state index contributed by atoms with van der Waals surface area (Å²) in [6.07, 6.45) is 6.69. The number of piperidine rings is 1. The average molecular weight is 546 g/mol. The SMILES string of the molecule is CCC(=O)N1CCC[C@@H](c2nc(-c3ccc(C(=O)Nc4cc(C5CC5)ccn4)cc3F)c3c(N)ncc(F)n23)C1. The number of benzene rings is 1. The van der Waals surface area contributed by atoms with Crippen LogP contribution >= 0.6 is 0 Å². The van der Waals surface area contributed by atoms with Crippen molar-refractivity contribution in [3.8, 4) is 11.3 Å². The minimum absolute atomic E-state index is 0.00436. The number of imidazole rings is 1. The normalized spacial score (nSPS) is 17.3. The Kier molecular flexibility index (Phi) is 6.65. The smallest absolute Gasteiger partial charge is 0.256 e. The number of nitrogens with zero attached hydrogens (tertiary/aromatic N) is 5. The van der Waals surface area contributed by atoms with Gasteiger partial charge in [-0.3, -0.25) is 14.0 Å². The molecule has 1 atom stereocenters. The van der Waals surface area contributed by atoms with Crippen molar-refractivity contribution < 1.29 is 18.4 Å². The first-order valence-corrected chi connectivity index (χ1v) is 13.5. The van der Waals surface area contributed by atoms with Gasteiger partial charge in [-0.25, -0.2) is 19.3 Å². The van der Waals surface area contributed by atoms with E-state index in [4.69, 9.17) is 5.73 Å². The van der Waals surface area contributed by atoms with E-state index in [2.05, 4.69) is 20.3 Å². The first-order chi connectivity index (χ1) is 19.3. The molecule has 206 valence electrons. The van der Waals surface area contributed by atoms with E-state index in [1.54, 1.807) is 18.0 Å². The van der Waals surface area contributed by atoms with Crippen molar-refractivity contribution in [1.29, 1.82) is 0 Å². The Morgan fingerprint density at radius 2 is 1.93 bits per heavy atom. The quantitative estimate of drug-likeness (QED) is 0.356. The summed E-state index contributed by atoms with van der Waals surface area (Å²) in [5.41, 5.74) is 7.71. The molecule has 1 aliphatic carbocycles. The highest BCUT2D eigenvalue weighted by atomic mass is 19.1. The number of amides is 2. The molecule has 40 heavy (non-hydrogen) atoms. The molecule has 4 heterocycles. The van der Waals surface area contributed by atoms with Gasteiger partial charge in [0, 0.05) is 42.8 Å². The molecule has 1 aromatic carbocycles. The summed E-state index contributed by atoms with van der Waals surface area (Å²) in [6.45, 7) is 2.81. The van der Waals surface area contributed by atoms with Gasteiger partial charge in [0.15, 0.2) is 0 Å². The molecule has 11 heteroatoms. The van der Waals surface area contributed by atoms with Gasteiger partial charge in [0.2, 0.25) is 11.9 Å². The van der Waals surface area contributed by atoms with Crippen molar-refractivity contribution in [2.75, 3.05) is 24.1 Å². The molecule has 2 amide bonds. The molecular weight excluding hydrogens is 516 g/mol. The number of hydrogen-bond acceptors (Lipinski definition) is 6. The van der Waals surface area contributed by atoms with E-state index in [0.717, 1.165) is 37.1 Å². The Bertz CT molecular complexity index is 1630. The van der Waals surface area contributed by atoms with E-state index in [9.17, 15) is 9.59 Å². The zero-order chi connectivity index (χ0) is 28.0. The number of halogens is 2. The van der Waals surface area contributed by atoms with Gasteiger partial charge >= 0.3 is 0 Å². The minimum atomic E-state index is -0.714. The Balaban J connectivity index is 1.34. The molecule has 0 unspecified atom stereocenters. The summed E-state index contributed by atoms with van der Waals surface area (Å²) in [5, 5.41) is 2.73. The summed E-state index contributed by atoms with van der Waals surface area (Å²) in [6, 6.07) is 7.80. The molecule has 3 aromatic heterocycles. The summed E-state index contributed by atoms with van der Waals surface area (Å²) in [7, 11) is 0. The lowest BCUT2D eigenvalue weighted by atomic mass is 9.97. The first-order valence-electron chi connectivity index (χ1n) is 13.5. The van der Waals surface area contributed by atoms with E-state index in [0.29, 0.717) is 43.5 Å². The lowest BCUT2D eigenvalue weighted by Crippen LogP contribution is -2.39. The second-order valence-corrected chi connectivity index (χ2v) is 10.4. The first kappa shape index (κ1) is 25.8. The van der Waals surface area contributed by atoms with Crippen LogP contribution in [0.4, 0.5) is 20.4 Å². The molecule has 9 nitrogen and oxygen atoms in total. The van der Waals surface area contributed by atoms with Crippen molar-refractivity contribution in [2.45, 2.75) is 50.9 Å². The van der Waals surface area contributed by atoms with Crippen LogP contribution < -0.4 is 11.1 Å². The molecule has 2 fully saturated rings. The number of pyridine rings is 1. The molecular formula is C29H29F2N7O2. The van der Waals surface area contributed by atoms with Crippen LogP contribution in [0.25, 0.3) is 16.8 Å². The zero-order valence-corrected chi connectivity index (χ0v) is 22.0. The third-order valence-corrected chi connectivity index (χ3v) is 7.67. The Morgan fingerprint density at radius 3 is 2.67 bits per heavy atom. The van der Waals surface area contributed by atoms with E-state index in [1.807, 2.05) is 12.1 Å². The second-order valence-electron chi connectivity index (χ2n) is 10.4. The topological polar surface area (TPSA) is 119 Å². The maximum absolute atomic E-state index is 15.6. The largest absolute Gasteiger partial charge is 0.382 e. The van der Waals surface area contributed by atoms with Gasteiger partial charge in [0.05, 0.1) is 6.20 Å². The molecule has 2 aliphatic rings. The molecule has 6 rings (SSSR count). The number of rotatable bonds is 6. The van der Waals surface area contributed by atoms with Crippen LogP contribution in [0.15, 0.2) is 42.7 Å². The number of aromatic nitrogens is 4. The Morgan fingerprint density at radius 1 is 1.10 bits per heavy atom. The van der Waals surface area contributed by atoms with Crippen LogP contribution in [0.5, 0.6) is 0 Å². The second kappa shape index (κ2) is 10.3. The number of nitrogen functional groups attached to an aromatic ring is 1. The van der Waals surface area contributed by atoms with Gasteiger partial charge in [0.25, 0.3) is 5.91 Å². The zero-order valence-electron chi connectivity index (χ0n) is 22.0. The van der Waals surface area contributed by atoms with Crippen LogP contribution in [-0.2, 0) is 4.79 Å². The number of fused-ring (bicyclic) bond motifs is 1. The summed E-state index contributed by atoms with van der Waals surface area (Å²) >= 11 is 0. The van der Waals surface area contributed by atoms with Gasteiger partial charge in [-0.05, 0) is 67.5 Å². The van der Waals surface area contributed by atoms with Crippen LogP contribution in [0, 0.1) is 11.8 Å². The average Bonchev–Trinajstić information content (AvgIpc) is 3.74. The molecule has 4 aromatic rings. The number of likely N-dealkylation sites (tertiary alicyclic amines) is 1. The predicted molar refractivity (Wildman–Crippen MR) is 146 cm³/mol. The molecule has 1 aliphatic heterocycles. The molecule has 1 saturated carbocycles. The molecule has 3 N–H and O–H groups in total. The fourth-order valence-corrected chi connectivity index (χ4v) is 5.45. The van der Waals surface area contributed by atoms with E-state index in [-0.39, 0.29) is 40.0 Å². The molecule has 0 radical (unpaired) electrons. The van der Waals surface area contributed by atoms with E-state index < -0.39 is 17.7 Å². The van der Waals surface area contributed by atoms with E-state index >= 15 is 8.78 Å². The Hall–Kier alpha value is -4.41. The third-order valence-electron chi connectivity index (χ3n) is 7.67. The standard InChI is InChI=1S/C29H29F2N7O2/c1-2-24(39)37-11-3-4-19(15-37)28-36-25(26-27(32)34-14-22(31)38(26)28)20-8-7-18(12-21(20)30)29(40)35-23-13-17(9-10-33-23)16-5-6-16/h7-10,12-14,16,19H,2-6,11,15H2,1H3,(H2,32,34)(H,33,35,40)/t19-/m1/s1. The molecule has 0 bridgehead atoms. The number of nitrogens with one attached hydrogen (secondary N) is 1. The lowest BCUT2D eigenvalue weighted by molar-refractivity contribution is -0.132. The van der Waals surface area contributed by atoms with Crippen LogP contribution in [0.1, 0.15) is 72.6 Å². The Labute approximate surface area is 229 Å². The highest BCUT2D eigenvalue weighted by Crippen LogP contribution is 2.40. The predicted octanol–water partition coefficient (Wildman–Crippen LogP) is 4.90. The number of hydrogen-bond donors (Lipinski definition) is 2. The minimum Gasteiger partial charge on any atom is -0.382 e. The van der Waals surface area contributed by atoms with Crippen molar-refractivity contribution in [3.63, 3.8) is 0 Å². The number of carbonyl (C=O) groups excluding carboxylic acids is 2. The van der Waals surface area contributed by atoms with Crippen LogP contribution in [0.3, 0.4) is 0 Å². The van der Waals surface area contributed by atoms with Crippen molar-refractivity contribution >= 4 is 29.0 Å². The third kappa shape index (κ3) is 4.76. The van der Waals surface area contributed by atoms with Gasteiger partial charge in [-0.1, -0.05) is 6.92 Å². The number of anilines is 2. The fourth-order valence-electron chi connectivity index (χ4n) is 5.45. The molecule has 0 spiro atoms. The monoisotopic (exact) mass is 545 g/mol. The van der Waals surface area contributed by atoms with Gasteiger partial charge in [-0.2, -0.15) is 4.39 Å². The summed E-state index contributed by atoms with van der Waals surface area (Å²) < 4.78 is 32.0. The van der Waals surface area contributed by atoms with Crippen molar-refractivity contribution in [2.24, 2.45) is 0 Å². The van der Waals surface area contributed by atoms with Gasteiger partial charge in [0.1, 0.15) is 34.5 Å².